The van der Waals surface area contributed by atoms with Crippen LogP contribution in [0.25, 0.3) is 0 Å². The summed E-state index contributed by atoms with van der Waals surface area (Å²) in [6, 6.07) is 1.64. The number of aromatic nitrogens is 3. The van der Waals surface area contributed by atoms with Gasteiger partial charge in [0.05, 0.1) is 22.1 Å². The van der Waals surface area contributed by atoms with Crippen molar-refractivity contribution >= 4 is 15.9 Å². The number of aryl methyl sites for hydroxylation is 2. The molecular weight excluding hydrogens is 335 g/mol. The second kappa shape index (κ2) is 7.13. The third-order valence-electron chi connectivity index (χ3n) is 3.48. The highest BCUT2D eigenvalue weighted by atomic mass is 79.9. The maximum absolute atomic E-state index is 14.0. The van der Waals surface area contributed by atoms with Crippen LogP contribution in [-0.4, -0.2) is 21.3 Å². The lowest BCUT2D eigenvalue weighted by atomic mass is 10.0. The number of pyridine rings is 1. The van der Waals surface area contributed by atoms with E-state index in [1.165, 1.54) is 6.20 Å². The Morgan fingerprint density at radius 3 is 2.81 bits per heavy atom. The van der Waals surface area contributed by atoms with Crippen LogP contribution in [0.1, 0.15) is 36.3 Å². The molecule has 0 aliphatic heterocycles. The van der Waals surface area contributed by atoms with Gasteiger partial charge in [-0.1, -0.05) is 6.92 Å². The Balaban J connectivity index is 2.31. The largest absolute Gasteiger partial charge is 0.310 e. The predicted octanol–water partition coefficient (Wildman–Crippen LogP) is 3.31. The first-order valence-electron chi connectivity index (χ1n) is 7.05. The van der Waals surface area contributed by atoms with Crippen LogP contribution in [0.15, 0.2) is 22.9 Å². The molecule has 1 unspecified atom stereocenters. The quantitative estimate of drug-likeness (QED) is 0.865. The lowest BCUT2D eigenvalue weighted by molar-refractivity contribution is 0.483. The Morgan fingerprint density at radius 2 is 2.24 bits per heavy atom. The van der Waals surface area contributed by atoms with Crippen molar-refractivity contribution in [2.24, 2.45) is 7.05 Å². The van der Waals surface area contributed by atoms with Crippen molar-refractivity contribution in [2.45, 2.75) is 32.7 Å². The zero-order chi connectivity index (χ0) is 15.4. The maximum Gasteiger partial charge on any atom is 0.146 e. The molecule has 1 N–H and O–H groups in total. The molecule has 1 atom stereocenters. The van der Waals surface area contributed by atoms with Crippen LogP contribution in [0.5, 0.6) is 0 Å². The molecule has 0 spiro atoms. The van der Waals surface area contributed by atoms with E-state index in [0.29, 0.717) is 12.0 Å². The Kier molecular flexibility index (Phi) is 5.47. The highest BCUT2D eigenvalue weighted by Crippen LogP contribution is 2.27. The summed E-state index contributed by atoms with van der Waals surface area (Å²) in [5.41, 5.74) is 2.64. The molecule has 2 aromatic rings. The standard InChI is InChI=1S/C15H20BrFN4/c1-4-6-19-13(11-5-7-18-9-12(11)17)8-14-15(16)10(2)20-21(14)3/h5,7,9,13,19H,4,6,8H2,1-3H3. The summed E-state index contributed by atoms with van der Waals surface area (Å²) in [5.74, 6) is -0.277. The minimum Gasteiger partial charge on any atom is -0.310 e. The molecule has 0 saturated heterocycles. The SMILES string of the molecule is CCCNC(Cc1c(Br)c(C)nn1C)c1ccncc1F. The number of rotatable bonds is 6. The topological polar surface area (TPSA) is 42.7 Å². The summed E-state index contributed by atoms with van der Waals surface area (Å²) in [4.78, 5) is 3.82. The van der Waals surface area contributed by atoms with E-state index in [4.69, 9.17) is 0 Å². The summed E-state index contributed by atoms with van der Waals surface area (Å²) >= 11 is 3.57. The molecule has 0 aliphatic carbocycles. The van der Waals surface area contributed by atoms with Crippen LogP contribution in [-0.2, 0) is 13.5 Å². The van der Waals surface area contributed by atoms with Crippen LogP contribution in [0.4, 0.5) is 4.39 Å². The highest BCUT2D eigenvalue weighted by Gasteiger charge is 2.20. The summed E-state index contributed by atoms with van der Waals surface area (Å²) in [7, 11) is 1.91. The number of hydrogen-bond donors (Lipinski definition) is 1. The summed E-state index contributed by atoms with van der Waals surface area (Å²) in [5, 5.41) is 7.80. The third kappa shape index (κ3) is 3.68. The van der Waals surface area contributed by atoms with E-state index < -0.39 is 0 Å². The second-order valence-electron chi connectivity index (χ2n) is 5.08. The minimum absolute atomic E-state index is 0.0981. The average Bonchev–Trinajstić information content (AvgIpc) is 2.70. The normalized spacial score (nSPS) is 12.6. The van der Waals surface area contributed by atoms with E-state index in [1.54, 1.807) is 12.3 Å². The Labute approximate surface area is 132 Å². The van der Waals surface area contributed by atoms with Crippen molar-refractivity contribution in [3.8, 4) is 0 Å². The number of nitrogens with zero attached hydrogens (tertiary/aromatic N) is 3. The van der Waals surface area contributed by atoms with Gasteiger partial charge in [-0.25, -0.2) is 4.39 Å². The lowest BCUT2D eigenvalue weighted by Gasteiger charge is -2.20. The first-order chi connectivity index (χ1) is 10.0. The highest BCUT2D eigenvalue weighted by molar-refractivity contribution is 9.10. The van der Waals surface area contributed by atoms with Gasteiger partial charge in [-0.3, -0.25) is 9.67 Å². The van der Waals surface area contributed by atoms with Gasteiger partial charge in [-0.05, 0) is 41.9 Å². The number of hydrogen-bond acceptors (Lipinski definition) is 3. The Bertz CT molecular complexity index is 612. The molecule has 0 aromatic carbocycles. The van der Waals surface area contributed by atoms with Gasteiger partial charge < -0.3 is 5.32 Å². The fraction of sp³-hybridized carbons (Fsp3) is 0.467. The Morgan fingerprint density at radius 1 is 1.48 bits per heavy atom. The van der Waals surface area contributed by atoms with Crippen LogP contribution >= 0.6 is 15.9 Å². The molecule has 0 aliphatic rings. The van der Waals surface area contributed by atoms with Gasteiger partial charge in [0.2, 0.25) is 0 Å². The minimum atomic E-state index is -0.277. The second-order valence-corrected chi connectivity index (χ2v) is 5.87. The van der Waals surface area contributed by atoms with E-state index >= 15 is 0 Å². The molecule has 0 bridgehead atoms. The van der Waals surface area contributed by atoms with Gasteiger partial charge in [0, 0.05) is 31.3 Å². The van der Waals surface area contributed by atoms with Crippen LogP contribution in [0, 0.1) is 12.7 Å². The fourth-order valence-electron chi connectivity index (χ4n) is 2.37. The molecule has 0 saturated carbocycles. The van der Waals surface area contributed by atoms with Crippen molar-refractivity contribution < 1.29 is 4.39 Å². The molecule has 2 rings (SSSR count). The fourth-order valence-corrected chi connectivity index (χ4v) is 2.87. The van der Waals surface area contributed by atoms with Crippen molar-refractivity contribution in [1.82, 2.24) is 20.1 Å². The maximum atomic E-state index is 14.0. The van der Waals surface area contributed by atoms with Gasteiger partial charge in [0.25, 0.3) is 0 Å². The summed E-state index contributed by atoms with van der Waals surface area (Å²) in [6.45, 7) is 4.88. The first kappa shape index (κ1) is 16.1. The molecule has 0 amide bonds. The first-order valence-corrected chi connectivity index (χ1v) is 7.84. The number of halogens is 2. The van der Waals surface area contributed by atoms with E-state index in [0.717, 1.165) is 28.8 Å². The smallest absolute Gasteiger partial charge is 0.146 e. The molecule has 4 nitrogen and oxygen atoms in total. The lowest BCUT2D eigenvalue weighted by Crippen LogP contribution is -2.26. The number of nitrogens with one attached hydrogen (secondary N) is 1. The predicted molar refractivity (Wildman–Crippen MR) is 84.6 cm³/mol. The molecule has 2 aromatic heterocycles. The van der Waals surface area contributed by atoms with E-state index in [-0.39, 0.29) is 11.9 Å². The molecule has 0 radical (unpaired) electrons. The molecule has 6 heteroatoms. The van der Waals surface area contributed by atoms with Gasteiger partial charge in [-0.2, -0.15) is 5.10 Å². The van der Waals surface area contributed by atoms with Crippen molar-refractivity contribution in [3.63, 3.8) is 0 Å². The zero-order valence-electron chi connectivity index (χ0n) is 12.5. The van der Waals surface area contributed by atoms with Crippen LogP contribution in [0.3, 0.4) is 0 Å². The molecule has 21 heavy (non-hydrogen) atoms. The average molecular weight is 355 g/mol. The van der Waals surface area contributed by atoms with Crippen molar-refractivity contribution in [3.05, 3.63) is 45.7 Å². The monoisotopic (exact) mass is 354 g/mol. The zero-order valence-corrected chi connectivity index (χ0v) is 14.1. The third-order valence-corrected chi connectivity index (χ3v) is 4.51. The molecule has 2 heterocycles. The molecular formula is C15H20BrFN4. The van der Waals surface area contributed by atoms with E-state index in [9.17, 15) is 4.39 Å². The molecule has 114 valence electrons. The molecule has 0 fully saturated rings. The van der Waals surface area contributed by atoms with Crippen LogP contribution in [0.2, 0.25) is 0 Å². The Hall–Kier alpha value is -1.27. The van der Waals surface area contributed by atoms with E-state index in [2.05, 4.69) is 38.3 Å². The van der Waals surface area contributed by atoms with Gasteiger partial charge in [0.1, 0.15) is 5.82 Å². The van der Waals surface area contributed by atoms with Crippen LogP contribution < -0.4 is 5.32 Å². The van der Waals surface area contributed by atoms with E-state index in [1.807, 2.05) is 18.7 Å². The summed E-state index contributed by atoms with van der Waals surface area (Å²) in [6.07, 6.45) is 4.55. The van der Waals surface area contributed by atoms with Gasteiger partial charge >= 0.3 is 0 Å². The van der Waals surface area contributed by atoms with Gasteiger partial charge in [0.15, 0.2) is 0 Å². The van der Waals surface area contributed by atoms with Gasteiger partial charge in [-0.15, -0.1) is 0 Å². The van der Waals surface area contributed by atoms with Crippen molar-refractivity contribution in [2.75, 3.05) is 6.54 Å². The van der Waals surface area contributed by atoms with Crippen molar-refractivity contribution in [1.29, 1.82) is 0 Å². The summed E-state index contributed by atoms with van der Waals surface area (Å²) < 4.78 is 16.9.